The topological polar surface area (TPSA) is 12.4 Å². The van der Waals surface area contributed by atoms with Crippen molar-refractivity contribution in [3.8, 4) is 0 Å². The Hall–Kier alpha value is 0.540. The summed E-state index contributed by atoms with van der Waals surface area (Å²) in [6, 6.07) is 0. The molecule has 2 heteroatoms. The van der Waals surface area contributed by atoms with Crippen LogP contribution in [0.1, 0.15) is 91.9 Å². The smallest absolute Gasteiger partial charge is 0.0582 e. The van der Waals surface area contributed by atoms with E-state index >= 15 is 0 Å². The zero-order valence-electron chi connectivity index (χ0n) is 14.3. The van der Waals surface area contributed by atoms with Crippen LogP contribution in [0.15, 0.2) is 3.34 Å². The minimum Gasteiger partial charge on any atom is -0.346 e. The zero-order chi connectivity index (χ0) is 15.7. The van der Waals surface area contributed by atoms with Crippen molar-refractivity contribution in [2.75, 3.05) is 0 Å². The maximum absolute atomic E-state index is 4.13. The Morgan fingerprint density at radius 3 is 1.05 bits per heavy atom. The van der Waals surface area contributed by atoms with Gasteiger partial charge < -0.3 is 19.8 Å². The maximum Gasteiger partial charge on any atom is -0.0582 e. The minimum atomic E-state index is 0.216. The van der Waals surface area contributed by atoms with E-state index in [4.69, 9.17) is 0 Å². The van der Waals surface area contributed by atoms with Crippen molar-refractivity contribution in [2.45, 2.75) is 97.4 Å². The fourth-order valence-corrected chi connectivity index (χ4v) is 1.80. The molecule has 0 aromatic rings. The van der Waals surface area contributed by atoms with E-state index in [-0.39, 0.29) is 5.54 Å². The second-order valence-corrected chi connectivity index (χ2v) is 6.84. The standard InChI is InChI=1S/2C6H11.C4H9N.C2H5.Ta/c2*1-2-4-6-5-3-1;1-4(2,3)5;1-2;/h2*1H,2-6H2;1-3H3;1H2,2H3;/q2*-1;;-1;. The second-order valence-electron chi connectivity index (χ2n) is 6.12. The SMILES string of the molecule is CC(C)(C)[N]=[Ta].[CH-]1CCCCC1.[CH-]1CCCCC1.[CH2-]C. The van der Waals surface area contributed by atoms with Crippen LogP contribution in [-0.4, -0.2) is 5.54 Å². The van der Waals surface area contributed by atoms with Crippen molar-refractivity contribution < 1.29 is 20.9 Å². The Kier molecular flexibility index (Phi) is 20.1. The van der Waals surface area contributed by atoms with Crippen LogP contribution in [0.2, 0.25) is 0 Å². The van der Waals surface area contributed by atoms with Crippen LogP contribution in [0.5, 0.6) is 0 Å². The monoisotopic (exact) mass is 447 g/mol. The average molecular weight is 447 g/mol. The van der Waals surface area contributed by atoms with Crippen LogP contribution in [-0.2, 0) is 20.9 Å². The zero-order valence-corrected chi connectivity index (χ0v) is 17.5. The molecule has 20 heavy (non-hydrogen) atoms. The van der Waals surface area contributed by atoms with Crippen LogP contribution in [0.3, 0.4) is 0 Å². The third kappa shape index (κ3) is 23.6. The first-order chi connectivity index (χ1) is 9.56. The van der Waals surface area contributed by atoms with Crippen molar-refractivity contribution in [3.63, 3.8) is 0 Å². The van der Waals surface area contributed by atoms with E-state index in [9.17, 15) is 0 Å². The Balaban J connectivity index is 0. The first-order valence-corrected chi connectivity index (χ1v) is 9.70. The molecule has 2 aliphatic carbocycles. The molecule has 2 fully saturated rings. The van der Waals surface area contributed by atoms with Crippen molar-refractivity contribution in [1.29, 1.82) is 0 Å². The molecular formula is C18H36NTa-3. The van der Waals surface area contributed by atoms with Gasteiger partial charge in [-0.15, -0.1) is 0 Å². The van der Waals surface area contributed by atoms with Crippen LogP contribution >= 0.6 is 0 Å². The van der Waals surface area contributed by atoms with Gasteiger partial charge in [-0.05, 0) is 0 Å². The molecule has 0 spiro atoms. The summed E-state index contributed by atoms with van der Waals surface area (Å²) in [4.78, 5) is 0. The minimum absolute atomic E-state index is 0.216. The Bertz CT molecular complexity index is 141. The van der Waals surface area contributed by atoms with Gasteiger partial charge in [0.05, 0.1) is 0 Å². The molecule has 0 aromatic heterocycles. The van der Waals surface area contributed by atoms with E-state index in [0.717, 1.165) is 20.9 Å². The number of hydrogen-bond acceptors (Lipinski definition) is 1. The van der Waals surface area contributed by atoms with Gasteiger partial charge in [0, 0.05) is 0 Å². The van der Waals surface area contributed by atoms with Gasteiger partial charge in [-0.2, -0.15) is 32.6 Å². The van der Waals surface area contributed by atoms with E-state index < -0.39 is 0 Å². The predicted octanol–water partition coefficient (Wildman–Crippen LogP) is 6.67. The molecule has 0 aliphatic heterocycles. The van der Waals surface area contributed by atoms with E-state index in [1.54, 1.807) is 6.92 Å². The summed E-state index contributed by atoms with van der Waals surface area (Å²) in [5.41, 5.74) is 0.216. The van der Waals surface area contributed by atoms with Crippen molar-refractivity contribution in [1.82, 2.24) is 0 Å². The molecule has 0 bridgehead atoms. The molecular weight excluding hydrogens is 411 g/mol. The summed E-state index contributed by atoms with van der Waals surface area (Å²) in [6.45, 7) is 11.3. The van der Waals surface area contributed by atoms with Crippen LogP contribution in [0, 0.1) is 19.8 Å². The van der Waals surface area contributed by atoms with E-state index in [0.29, 0.717) is 0 Å². The fourth-order valence-electron chi connectivity index (χ4n) is 1.80. The first kappa shape index (κ1) is 22.8. The van der Waals surface area contributed by atoms with Crippen molar-refractivity contribution in [3.05, 3.63) is 19.8 Å². The Labute approximate surface area is 141 Å². The van der Waals surface area contributed by atoms with E-state index in [2.05, 4.69) is 43.9 Å². The van der Waals surface area contributed by atoms with Gasteiger partial charge in [0.2, 0.25) is 0 Å². The fraction of sp³-hybridized carbons (Fsp3) is 0.833. The van der Waals surface area contributed by atoms with Gasteiger partial charge in [-0.3, -0.25) is 0 Å². The molecule has 0 amide bonds. The quantitative estimate of drug-likeness (QED) is 0.368. The number of rotatable bonds is 0. The normalized spacial score (nSPS) is 18.0. The summed E-state index contributed by atoms with van der Waals surface area (Å²) in [5.74, 6) is 0. The van der Waals surface area contributed by atoms with Crippen LogP contribution in [0.25, 0.3) is 0 Å². The van der Waals surface area contributed by atoms with Gasteiger partial charge in [0.15, 0.2) is 0 Å². The van der Waals surface area contributed by atoms with Crippen LogP contribution in [0.4, 0.5) is 0 Å². The van der Waals surface area contributed by atoms with Gasteiger partial charge in [-0.25, -0.2) is 0 Å². The number of hydrogen-bond donors (Lipinski definition) is 0. The molecule has 0 N–H and O–H groups in total. The van der Waals surface area contributed by atoms with Crippen molar-refractivity contribution >= 4 is 0 Å². The molecule has 121 valence electrons. The molecule has 0 radical (unpaired) electrons. The molecule has 2 saturated carbocycles. The van der Waals surface area contributed by atoms with Crippen molar-refractivity contribution in [2.24, 2.45) is 3.34 Å². The van der Waals surface area contributed by atoms with Gasteiger partial charge in [0.25, 0.3) is 0 Å². The number of nitrogens with zero attached hydrogens (tertiary/aromatic N) is 1. The largest absolute Gasteiger partial charge is 0.346 e. The summed E-state index contributed by atoms with van der Waals surface area (Å²) in [7, 11) is 0. The Morgan fingerprint density at radius 2 is 1.00 bits per heavy atom. The summed E-state index contributed by atoms with van der Waals surface area (Å²) in [5, 5.41) is 0. The summed E-state index contributed by atoms with van der Waals surface area (Å²) < 4.78 is 4.13. The maximum atomic E-state index is 4.13. The molecule has 2 aliphatic rings. The summed E-state index contributed by atoms with van der Waals surface area (Å²) >= 11 is 1.15. The molecule has 1 nitrogen and oxygen atoms in total. The Morgan fingerprint density at radius 1 is 0.750 bits per heavy atom. The first-order valence-electron chi connectivity index (χ1n) is 8.26. The van der Waals surface area contributed by atoms with E-state index in [1.165, 1.54) is 64.2 Å². The second kappa shape index (κ2) is 17.6. The predicted molar refractivity (Wildman–Crippen MR) is 88.0 cm³/mol. The molecule has 0 heterocycles. The molecule has 0 unspecified atom stereocenters. The average Bonchev–Trinajstić information content (AvgIpc) is 2.53. The van der Waals surface area contributed by atoms with Crippen LogP contribution < -0.4 is 0 Å². The molecule has 0 saturated heterocycles. The third-order valence-electron chi connectivity index (χ3n) is 2.93. The third-order valence-corrected chi connectivity index (χ3v) is 5.09. The van der Waals surface area contributed by atoms with Gasteiger partial charge in [0.1, 0.15) is 0 Å². The van der Waals surface area contributed by atoms with Gasteiger partial charge >= 0.3 is 50.5 Å². The molecule has 0 aromatic carbocycles. The summed E-state index contributed by atoms with van der Waals surface area (Å²) in [6.07, 6.45) is 19.0. The molecule has 2 rings (SSSR count). The van der Waals surface area contributed by atoms with Gasteiger partial charge in [-0.1, -0.05) is 38.5 Å². The molecule has 0 atom stereocenters. The van der Waals surface area contributed by atoms with E-state index in [1.807, 2.05) is 0 Å².